The van der Waals surface area contributed by atoms with Crippen LogP contribution in [0.15, 0.2) is 48.7 Å². The lowest BCUT2D eigenvalue weighted by Crippen LogP contribution is -2.32. The first-order valence-corrected chi connectivity index (χ1v) is 9.88. The number of amides is 1. The molecule has 2 aromatic carbocycles. The summed E-state index contributed by atoms with van der Waals surface area (Å²) < 4.78 is 13.2. The maximum atomic E-state index is 12.8. The number of para-hydroxylation sites is 1. The van der Waals surface area contributed by atoms with Gasteiger partial charge in [0.25, 0.3) is 0 Å². The van der Waals surface area contributed by atoms with Gasteiger partial charge in [-0.25, -0.2) is 0 Å². The molecule has 0 bridgehead atoms. The van der Waals surface area contributed by atoms with E-state index in [1.165, 1.54) is 5.39 Å². The number of rotatable bonds is 7. The SMILES string of the molecule is CN(C)CCNC(=O)CC(c1ccc2c(c1)OCO2)c1cn(C)c2ccccc12. The molecule has 0 saturated heterocycles. The molecule has 1 aromatic heterocycles. The fraction of sp³-hybridized carbons (Fsp3) is 0.348. The third-order valence-corrected chi connectivity index (χ3v) is 5.37. The Morgan fingerprint density at radius 1 is 1.17 bits per heavy atom. The molecule has 3 aromatic rings. The van der Waals surface area contributed by atoms with Gasteiger partial charge in [-0.1, -0.05) is 24.3 Å². The highest BCUT2D eigenvalue weighted by Gasteiger charge is 2.24. The predicted octanol–water partition coefficient (Wildman–Crippen LogP) is 3.11. The van der Waals surface area contributed by atoms with Gasteiger partial charge in [-0.15, -0.1) is 0 Å². The molecule has 1 N–H and O–H groups in total. The van der Waals surface area contributed by atoms with E-state index in [1.54, 1.807) is 0 Å². The number of carbonyl (C=O) groups excluding carboxylic acids is 1. The third kappa shape index (κ3) is 4.07. The number of carbonyl (C=O) groups is 1. The third-order valence-electron chi connectivity index (χ3n) is 5.37. The van der Waals surface area contributed by atoms with E-state index in [4.69, 9.17) is 9.47 Å². The van der Waals surface area contributed by atoms with E-state index in [0.717, 1.165) is 34.7 Å². The molecule has 152 valence electrons. The molecule has 2 heterocycles. The maximum absolute atomic E-state index is 12.8. The molecule has 4 rings (SSSR count). The van der Waals surface area contributed by atoms with Crippen molar-refractivity contribution in [3.63, 3.8) is 0 Å². The molecule has 1 atom stereocenters. The van der Waals surface area contributed by atoms with Crippen molar-refractivity contribution in [3.8, 4) is 11.5 Å². The van der Waals surface area contributed by atoms with Gasteiger partial charge in [0.15, 0.2) is 11.5 Å². The summed E-state index contributed by atoms with van der Waals surface area (Å²) in [4.78, 5) is 14.8. The van der Waals surface area contributed by atoms with Gasteiger partial charge in [-0.3, -0.25) is 4.79 Å². The molecule has 1 unspecified atom stereocenters. The van der Waals surface area contributed by atoms with Crippen LogP contribution in [0.25, 0.3) is 10.9 Å². The van der Waals surface area contributed by atoms with Crippen LogP contribution < -0.4 is 14.8 Å². The molecule has 0 fully saturated rings. The number of fused-ring (bicyclic) bond motifs is 2. The fourth-order valence-electron chi connectivity index (χ4n) is 3.86. The lowest BCUT2D eigenvalue weighted by Gasteiger charge is -2.18. The Balaban J connectivity index is 1.68. The van der Waals surface area contributed by atoms with Crippen LogP contribution in [-0.2, 0) is 11.8 Å². The van der Waals surface area contributed by atoms with Gasteiger partial charge in [0.1, 0.15) is 0 Å². The van der Waals surface area contributed by atoms with Crippen molar-refractivity contribution in [2.75, 3.05) is 34.0 Å². The zero-order chi connectivity index (χ0) is 20.4. The van der Waals surface area contributed by atoms with Crippen molar-refractivity contribution in [1.82, 2.24) is 14.8 Å². The number of nitrogens with one attached hydrogen (secondary N) is 1. The lowest BCUT2D eigenvalue weighted by molar-refractivity contribution is -0.121. The molecule has 0 aliphatic carbocycles. The molecule has 0 radical (unpaired) electrons. The number of hydrogen-bond donors (Lipinski definition) is 1. The van der Waals surface area contributed by atoms with Gasteiger partial charge in [-0.2, -0.15) is 0 Å². The number of benzene rings is 2. The van der Waals surface area contributed by atoms with E-state index in [2.05, 4.69) is 33.1 Å². The van der Waals surface area contributed by atoms with Gasteiger partial charge < -0.3 is 24.3 Å². The predicted molar refractivity (Wildman–Crippen MR) is 114 cm³/mol. The zero-order valence-electron chi connectivity index (χ0n) is 17.1. The Hall–Kier alpha value is -2.99. The summed E-state index contributed by atoms with van der Waals surface area (Å²) in [5, 5.41) is 4.21. The van der Waals surface area contributed by atoms with Crippen molar-refractivity contribution >= 4 is 16.8 Å². The summed E-state index contributed by atoms with van der Waals surface area (Å²) in [6, 6.07) is 14.3. The Bertz CT molecular complexity index is 1030. The van der Waals surface area contributed by atoms with Gasteiger partial charge in [0.05, 0.1) is 0 Å². The first kappa shape index (κ1) is 19.3. The molecule has 0 saturated carbocycles. The second-order valence-electron chi connectivity index (χ2n) is 7.74. The fourth-order valence-corrected chi connectivity index (χ4v) is 3.86. The van der Waals surface area contributed by atoms with Crippen LogP contribution in [0.1, 0.15) is 23.5 Å². The van der Waals surface area contributed by atoms with Crippen LogP contribution in [0, 0.1) is 0 Å². The Morgan fingerprint density at radius 3 is 2.79 bits per heavy atom. The summed E-state index contributed by atoms with van der Waals surface area (Å²) in [5.41, 5.74) is 3.35. The quantitative estimate of drug-likeness (QED) is 0.670. The van der Waals surface area contributed by atoms with E-state index in [0.29, 0.717) is 13.0 Å². The minimum absolute atomic E-state index is 0.0439. The minimum Gasteiger partial charge on any atom is -0.454 e. The molecule has 1 amide bonds. The lowest BCUT2D eigenvalue weighted by atomic mass is 9.87. The van der Waals surface area contributed by atoms with Crippen LogP contribution in [0.2, 0.25) is 0 Å². The van der Waals surface area contributed by atoms with E-state index in [-0.39, 0.29) is 18.6 Å². The van der Waals surface area contributed by atoms with Crippen molar-refractivity contribution < 1.29 is 14.3 Å². The van der Waals surface area contributed by atoms with Crippen molar-refractivity contribution in [1.29, 1.82) is 0 Å². The van der Waals surface area contributed by atoms with E-state index in [9.17, 15) is 4.79 Å². The molecule has 1 aliphatic rings. The molecule has 6 nitrogen and oxygen atoms in total. The monoisotopic (exact) mass is 393 g/mol. The molecule has 1 aliphatic heterocycles. The highest BCUT2D eigenvalue weighted by atomic mass is 16.7. The van der Waals surface area contributed by atoms with Crippen LogP contribution in [0.3, 0.4) is 0 Å². The number of nitrogens with zero attached hydrogens (tertiary/aromatic N) is 2. The first-order chi connectivity index (χ1) is 14.0. The summed E-state index contributed by atoms with van der Waals surface area (Å²) in [6.07, 6.45) is 2.51. The molecule has 6 heteroatoms. The highest BCUT2D eigenvalue weighted by molar-refractivity contribution is 5.86. The molecule has 29 heavy (non-hydrogen) atoms. The largest absolute Gasteiger partial charge is 0.454 e. The number of ether oxygens (including phenoxy) is 2. The summed E-state index contributed by atoms with van der Waals surface area (Å²) in [6.45, 7) is 1.69. The van der Waals surface area contributed by atoms with E-state index < -0.39 is 0 Å². The number of aryl methyl sites for hydroxylation is 1. The van der Waals surface area contributed by atoms with Crippen molar-refractivity contribution in [3.05, 3.63) is 59.8 Å². The smallest absolute Gasteiger partial charge is 0.231 e. The van der Waals surface area contributed by atoms with Crippen molar-refractivity contribution in [2.45, 2.75) is 12.3 Å². The van der Waals surface area contributed by atoms with Gasteiger partial charge in [0.2, 0.25) is 12.7 Å². The van der Waals surface area contributed by atoms with Gasteiger partial charge >= 0.3 is 0 Å². The van der Waals surface area contributed by atoms with Crippen LogP contribution in [-0.4, -0.2) is 49.4 Å². The van der Waals surface area contributed by atoms with Crippen molar-refractivity contribution in [2.24, 2.45) is 7.05 Å². The van der Waals surface area contributed by atoms with Crippen LogP contribution in [0.4, 0.5) is 0 Å². The summed E-state index contributed by atoms with van der Waals surface area (Å²) in [7, 11) is 6.04. The van der Waals surface area contributed by atoms with E-state index >= 15 is 0 Å². The average Bonchev–Trinajstić information content (AvgIpc) is 3.30. The standard InChI is InChI=1S/C23H27N3O3/c1-25(2)11-10-24-23(27)13-18(16-8-9-21-22(12-16)29-15-28-21)19-14-26(3)20-7-5-4-6-17(19)20/h4-9,12,14,18H,10-11,13,15H2,1-3H3,(H,24,27). The zero-order valence-corrected chi connectivity index (χ0v) is 17.1. The van der Waals surface area contributed by atoms with Gasteiger partial charge in [-0.05, 0) is 43.4 Å². The molecular formula is C23H27N3O3. The number of aromatic nitrogens is 1. The normalized spacial score (nSPS) is 13.8. The topological polar surface area (TPSA) is 55.7 Å². The van der Waals surface area contributed by atoms with Crippen LogP contribution >= 0.6 is 0 Å². The maximum Gasteiger partial charge on any atom is 0.231 e. The number of likely N-dealkylation sites (N-methyl/N-ethyl adjacent to an activating group) is 1. The summed E-state index contributed by atoms with van der Waals surface area (Å²) in [5.74, 6) is 1.46. The summed E-state index contributed by atoms with van der Waals surface area (Å²) >= 11 is 0. The average molecular weight is 393 g/mol. The Labute approximate surface area is 171 Å². The first-order valence-electron chi connectivity index (χ1n) is 9.88. The number of hydrogen-bond acceptors (Lipinski definition) is 4. The molecule has 0 spiro atoms. The van der Waals surface area contributed by atoms with E-state index in [1.807, 2.05) is 51.5 Å². The second-order valence-corrected chi connectivity index (χ2v) is 7.74. The Kier molecular flexibility index (Phi) is 5.45. The Morgan fingerprint density at radius 2 is 1.97 bits per heavy atom. The highest BCUT2D eigenvalue weighted by Crippen LogP contribution is 2.39. The minimum atomic E-state index is -0.0741. The second kappa shape index (κ2) is 8.17. The van der Waals surface area contributed by atoms with Crippen LogP contribution in [0.5, 0.6) is 11.5 Å². The van der Waals surface area contributed by atoms with Gasteiger partial charge in [0, 0.05) is 49.6 Å². The molecular weight excluding hydrogens is 366 g/mol.